The molecule has 0 spiro atoms. The van der Waals surface area contributed by atoms with E-state index in [1.54, 1.807) is 20.0 Å². The van der Waals surface area contributed by atoms with Gasteiger partial charge in [0.15, 0.2) is 0 Å². The number of benzene rings is 1. The molecule has 2 aromatic rings. The van der Waals surface area contributed by atoms with Crippen LogP contribution in [0, 0.1) is 18.7 Å². The number of nitrogens with one attached hydrogen (secondary N) is 1. The van der Waals surface area contributed by atoms with E-state index in [9.17, 15) is 14.0 Å². The lowest BCUT2D eigenvalue weighted by Gasteiger charge is -2.17. The lowest BCUT2D eigenvalue weighted by molar-refractivity contribution is -0.118. The first-order valence-electron chi connectivity index (χ1n) is 8.05. The third kappa shape index (κ3) is 3.01. The molecule has 0 fully saturated rings. The fourth-order valence-corrected chi connectivity index (χ4v) is 2.73. The number of amidine groups is 1. The molecule has 0 bridgehead atoms. The molecule has 0 radical (unpaired) electrons. The molecule has 1 aromatic heterocycles. The van der Waals surface area contributed by atoms with Crippen LogP contribution in [-0.4, -0.2) is 51.7 Å². The van der Waals surface area contributed by atoms with Gasteiger partial charge in [0.25, 0.3) is 17.8 Å². The van der Waals surface area contributed by atoms with Crippen molar-refractivity contribution in [3.8, 4) is 0 Å². The van der Waals surface area contributed by atoms with E-state index in [-0.39, 0.29) is 17.3 Å². The highest BCUT2D eigenvalue weighted by molar-refractivity contribution is 6.24. The molecular weight excluding hydrogens is 353 g/mol. The summed E-state index contributed by atoms with van der Waals surface area (Å²) in [5, 5.41) is 12.5. The van der Waals surface area contributed by atoms with Crippen LogP contribution < -0.4 is 5.32 Å². The van der Waals surface area contributed by atoms with Gasteiger partial charge in [-0.15, -0.1) is 0 Å². The molecule has 2 amide bonds. The number of carbonyl (C=O) groups excluding carboxylic acids is 2. The van der Waals surface area contributed by atoms with Crippen LogP contribution in [0.5, 0.6) is 0 Å². The number of hydrogen-bond donors (Lipinski definition) is 1. The lowest BCUT2D eigenvalue weighted by Crippen LogP contribution is -2.35. The molecule has 1 unspecified atom stereocenters. The van der Waals surface area contributed by atoms with E-state index in [2.05, 4.69) is 25.5 Å². The molecule has 0 aliphatic carbocycles. The van der Waals surface area contributed by atoms with Crippen LogP contribution in [0.1, 0.15) is 16.1 Å². The van der Waals surface area contributed by atoms with Gasteiger partial charge in [-0.2, -0.15) is 24.9 Å². The van der Waals surface area contributed by atoms with Crippen LogP contribution in [0.3, 0.4) is 0 Å². The van der Waals surface area contributed by atoms with Crippen LogP contribution in [0.15, 0.2) is 45.4 Å². The lowest BCUT2D eigenvalue weighted by atomic mass is 10.1. The third-order valence-corrected chi connectivity index (χ3v) is 4.06. The van der Waals surface area contributed by atoms with Gasteiger partial charge in [-0.1, -0.05) is 0 Å². The van der Waals surface area contributed by atoms with E-state index in [0.717, 1.165) is 0 Å². The van der Waals surface area contributed by atoms with Crippen molar-refractivity contribution < 1.29 is 14.0 Å². The van der Waals surface area contributed by atoms with Crippen LogP contribution in [0.25, 0.3) is 0 Å². The zero-order chi connectivity index (χ0) is 19.1. The van der Waals surface area contributed by atoms with Crippen molar-refractivity contribution in [3.63, 3.8) is 0 Å². The van der Waals surface area contributed by atoms with Crippen molar-refractivity contribution >= 4 is 35.6 Å². The Morgan fingerprint density at radius 1 is 1.22 bits per heavy atom. The average Bonchev–Trinajstić information content (AvgIpc) is 3.18. The Hall–Kier alpha value is -3.69. The quantitative estimate of drug-likeness (QED) is 0.863. The Labute approximate surface area is 152 Å². The minimum Gasteiger partial charge on any atom is -0.306 e. The molecule has 9 nitrogen and oxygen atoms in total. The number of amides is 2. The zero-order valence-corrected chi connectivity index (χ0v) is 14.4. The Morgan fingerprint density at radius 2 is 1.96 bits per heavy atom. The summed E-state index contributed by atoms with van der Waals surface area (Å²) in [7, 11) is 1.68. The summed E-state index contributed by atoms with van der Waals surface area (Å²) in [5.74, 6) is -1.14. The minimum absolute atomic E-state index is 0.0334. The summed E-state index contributed by atoms with van der Waals surface area (Å²) in [6.45, 7) is 1.73. The molecule has 2 aliphatic heterocycles. The number of aromatic nitrogens is 2. The highest BCUT2D eigenvalue weighted by atomic mass is 19.1. The van der Waals surface area contributed by atoms with Gasteiger partial charge in [-0.05, 0) is 31.2 Å². The van der Waals surface area contributed by atoms with E-state index < -0.39 is 23.5 Å². The first-order valence-corrected chi connectivity index (χ1v) is 8.05. The molecule has 1 aromatic carbocycles. The van der Waals surface area contributed by atoms with E-state index in [1.165, 1.54) is 40.2 Å². The predicted molar refractivity (Wildman–Crippen MR) is 96.3 cm³/mol. The number of halogens is 1. The maximum atomic E-state index is 13.0. The van der Waals surface area contributed by atoms with Gasteiger partial charge >= 0.3 is 0 Å². The zero-order valence-electron chi connectivity index (χ0n) is 14.4. The molecule has 0 saturated heterocycles. The number of hydrazone groups is 1. The standard InChI is InChI=1S/C17H14FN7O2/c1-9-7-13(20-15(26)10-3-5-11(18)6-4-10)25(23-9)17-21-14-12(16(27)22-17)8-19-24(14)2/h3-8,12H,1-2H3,(H,20,26). The number of anilines is 1. The SMILES string of the molecule is Cc1cc(NC(=O)c2ccc(F)cc2)n(C2=NC(=O)C3C=NN(C)C3=N2)n1. The van der Waals surface area contributed by atoms with E-state index >= 15 is 0 Å². The number of hydrogen-bond acceptors (Lipinski definition) is 6. The molecule has 1 N–H and O–H groups in total. The summed E-state index contributed by atoms with van der Waals surface area (Å²) in [6.07, 6.45) is 1.48. The van der Waals surface area contributed by atoms with Crippen molar-refractivity contribution in [2.24, 2.45) is 21.0 Å². The molecule has 136 valence electrons. The van der Waals surface area contributed by atoms with Crippen LogP contribution in [0.4, 0.5) is 10.2 Å². The highest BCUT2D eigenvalue weighted by Gasteiger charge is 2.35. The number of fused-ring (bicyclic) bond motifs is 1. The normalized spacial score (nSPS) is 18.3. The molecule has 1 atom stereocenters. The van der Waals surface area contributed by atoms with Crippen LogP contribution in [0.2, 0.25) is 0 Å². The van der Waals surface area contributed by atoms with Crippen molar-refractivity contribution in [3.05, 3.63) is 47.4 Å². The Bertz CT molecular complexity index is 1040. The second-order valence-corrected chi connectivity index (χ2v) is 6.03. The van der Waals surface area contributed by atoms with Gasteiger partial charge in [0.1, 0.15) is 23.4 Å². The first kappa shape index (κ1) is 16.8. The van der Waals surface area contributed by atoms with Gasteiger partial charge in [0, 0.05) is 24.9 Å². The number of carbonyl (C=O) groups is 2. The molecule has 2 aliphatic rings. The Kier molecular flexibility index (Phi) is 3.87. The highest BCUT2D eigenvalue weighted by Crippen LogP contribution is 2.19. The Morgan fingerprint density at radius 3 is 2.70 bits per heavy atom. The van der Waals surface area contributed by atoms with Gasteiger partial charge in [0.2, 0.25) is 0 Å². The van der Waals surface area contributed by atoms with E-state index in [1.807, 2.05) is 0 Å². The topological polar surface area (TPSA) is 104 Å². The maximum absolute atomic E-state index is 13.0. The predicted octanol–water partition coefficient (Wildman–Crippen LogP) is 1.27. The molecule has 10 heteroatoms. The molecule has 3 heterocycles. The summed E-state index contributed by atoms with van der Waals surface area (Å²) < 4.78 is 14.3. The fraction of sp³-hybridized carbons (Fsp3) is 0.176. The third-order valence-electron chi connectivity index (χ3n) is 4.06. The van der Waals surface area contributed by atoms with E-state index in [0.29, 0.717) is 11.5 Å². The van der Waals surface area contributed by atoms with Crippen LogP contribution in [-0.2, 0) is 4.79 Å². The van der Waals surface area contributed by atoms with Gasteiger partial charge in [0.05, 0.1) is 5.69 Å². The van der Waals surface area contributed by atoms with Crippen LogP contribution >= 0.6 is 0 Å². The van der Waals surface area contributed by atoms with Gasteiger partial charge in [-0.25, -0.2) is 4.39 Å². The summed E-state index contributed by atoms with van der Waals surface area (Å²) >= 11 is 0. The minimum atomic E-state index is -0.604. The molecule has 27 heavy (non-hydrogen) atoms. The van der Waals surface area contributed by atoms with Gasteiger partial charge < -0.3 is 5.32 Å². The second-order valence-electron chi connectivity index (χ2n) is 6.03. The molecular formula is C17H14FN7O2. The van der Waals surface area contributed by atoms with Crippen molar-refractivity contribution in [1.82, 2.24) is 14.8 Å². The molecule has 4 rings (SSSR count). The van der Waals surface area contributed by atoms with Gasteiger partial charge in [-0.3, -0.25) is 14.6 Å². The monoisotopic (exact) mass is 367 g/mol. The first-order chi connectivity index (χ1) is 12.9. The number of aliphatic imine (C=N–C) groups is 2. The second kappa shape index (κ2) is 6.24. The summed E-state index contributed by atoms with van der Waals surface area (Å²) in [4.78, 5) is 33.0. The van der Waals surface area contributed by atoms with Crippen molar-refractivity contribution in [2.45, 2.75) is 6.92 Å². The number of aryl methyl sites for hydroxylation is 1. The Balaban J connectivity index is 1.66. The maximum Gasteiger partial charge on any atom is 0.265 e. The fourth-order valence-electron chi connectivity index (χ4n) is 2.73. The number of rotatable bonds is 2. The summed E-state index contributed by atoms with van der Waals surface area (Å²) in [6, 6.07) is 6.76. The van der Waals surface area contributed by atoms with E-state index in [4.69, 9.17) is 0 Å². The van der Waals surface area contributed by atoms with Crippen molar-refractivity contribution in [2.75, 3.05) is 12.4 Å². The largest absolute Gasteiger partial charge is 0.306 e. The molecule has 0 saturated carbocycles. The number of nitrogens with zero attached hydrogens (tertiary/aromatic N) is 6. The average molecular weight is 367 g/mol. The summed E-state index contributed by atoms with van der Waals surface area (Å²) in [5.41, 5.74) is 0.872. The smallest absolute Gasteiger partial charge is 0.265 e. The van der Waals surface area contributed by atoms with Crippen molar-refractivity contribution in [1.29, 1.82) is 0 Å².